The van der Waals surface area contributed by atoms with Crippen molar-refractivity contribution in [3.8, 4) is 0 Å². The summed E-state index contributed by atoms with van der Waals surface area (Å²) in [5.74, 6) is 0.686. The van der Waals surface area contributed by atoms with Crippen molar-refractivity contribution >= 4 is 10.0 Å². The Hall–Kier alpha value is -1.12. The predicted molar refractivity (Wildman–Crippen MR) is 86.2 cm³/mol. The smallest absolute Gasteiger partial charge is 0.302 e. The van der Waals surface area contributed by atoms with E-state index in [1.807, 2.05) is 0 Å². The van der Waals surface area contributed by atoms with E-state index in [9.17, 15) is 21.6 Å². The number of aryl methyl sites for hydroxylation is 1. The molecule has 1 heterocycles. The van der Waals surface area contributed by atoms with Crippen molar-refractivity contribution in [2.45, 2.75) is 37.8 Å². The molecule has 4 nitrogen and oxygen atoms in total. The molecule has 0 unspecified atom stereocenters. The summed E-state index contributed by atoms with van der Waals surface area (Å²) in [6.07, 6.45) is -2.40. The molecule has 0 amide bonds. The van der Waals surface area contributed by atoms with Crippen LogP contribution in [0.15, 0.2) is 23.1 Å². The molecular weight excluding hydrogens is 341 g/mol. The minimum absolute atomic E-state index is 0.00360. The highest BCUT2D eigenvalue weighted by atomic mass is 32.2. The largest absolute Gasteiger partial charge is 0.416 e. The molecule has 0 radical (unpaired) electrons. The van der Waals surface area contributed by atoms with E-state index in [-0.39, 0.29) is 17.0 Å². The van der Waals surface area contributed by atoms with Crippen molar-refractivity contribution in [2.24, 2.45) is 5.92 Å². The first kappa shape index (κ1) is 19.2. The molecule has 1 aromatic carbocycles. The van der Waals surface area contributed by atoms with Crippen molar-refractivity contribution < 1.29 is 21.6 Å². The molecule has 1 aliphatic rings. The first-order valence-corrected chi connectivity index (χ1v) is 9.48. The first-order chi connectivity index (χ1) is 11.1. The van der Waals surface area contributed by atoms with Gasteiger partial charge in [0.05, 0.1) is 10.5 Å². The fourth-order valence-electron chi connectivity index (χ4n) is 2.78. The second kappa shape index (κ2) is 7.41. The van der Waals surface area contributed by atoms with Gasteiger partial charge in [-0.2, -0.15) is 13.2 Å². The number of nitrogens with zero attached hydrogens (tertiary/aromatic N) is 1. The van der Waals surface area contributed by atoms with Gasteiger partial charge in [-0.3, -0.25) is 0 Å². The molecule has 136 valence electrons. The normalized spacial score (nSPS) is 18.0. The van der Waals surface area contributed by atoms with Crippen molar-refractivity contribution in [3.63, 3.8) is 0 Å². The minimum atomic E-state index is -4.57. The van der Waals surface area contributed by atoms with Crippen LogP contribution >= 0.6 is 0 Å². The predicted octanol–water partition coefficient (Wildman–Crippen LogP) is 3.02. The van der Waals surface area contributed by atoms with Gasteiger partial charge >= 0.3 is 6.18 Å². The van der Waals surface area contributed by atoms with E-state index >= 15 is 0 Å². The first-order valence-electron chi connectivity index (χ1n) is 7.99. The zero-order chi connectivity index (χ0) is 18.0. The average molecular weight is 364 g/mol. The Morgan fingerprint density at radius 3 is 2.46 bits per heavy atom. The van der Waals surface area contributed by atoms with Gasteiger partial charge in [0.25, 0.3) is 0 Å². The number of sulfonamides is 1. The fraction of sp³-hybridized carbons (Fsp3) is 0.625. The molecule has 1 aliphatic heterocycles. The Morgan fingerprint density at radius 2 is 1.88 bits per heavy atom. The number of hydrogen-bond acceptors (Lipinski definition) is 3. The molecule has 1 fully saturated rings. The van der Waals surface area contributed by atoms with Crippen LogP contribution in [0, 0.1) is 12.8 Å². The van der Waals surface area contributed by atoms with Crippen LogP contribution in [-0.2, 0) is 16.2 Å². The van der Waals surface area contributed by atoms with E-state index < -0.39 is 21.8 Å². The minimum Gasteiger partial charge on any atom is -0.302 e. The highest BCUT2D eigenvalue weighted by molar-refractivity contribution is 7.89. The second-order valence-electron chi connectivity index (χ2n) is 6.40. The number of piperidine rings is 1. The zero-order valence-electron chi connectivity index (χ0n) is 13.9. The number of likely N-dealkylation sites (tertiary alicyclic amines) is 1. The summed E-state index contributed by atoms with van der Waals surface area (Å²) >= 11 is 0. The van der Waals surface area contributed by atoms with Gasteiger partial charge in [0, 0.05) is 13.1 Å². The molecular formula is C16H23F3N2O2S. The molecule has 0 spiro atoms. The summed E-state index contributed by atoms with van der Waals surface area (Å²) in [5, 5.41) is 0. The van der Waals surface area contributed by atoms with Crippen LogP contribution in [0.1, 0.15) is 30.9 Å². The maximum absolute atomic E-state index is 12.9. The summed E-state index contributed by atoms with van der Waals surface area (Å²) in [5.41, 5.74) is -0.917. The highest BCUT2D eigenvalue weighted by Crippen LogP contribution is 2.33. The fourth-order valence-corrected chi connectivity index (χ4v) is 3.83. The average Bonchev–Trinajstić information content (AvgIpc) is 2.48. The summed E-state index contributed by atoms with van der Waals surface area (Å²) in [7, 11) is -3.95. The van der Waals surface area contributed by atoms with Crippen LogP contribution < -0.4 is 4.72 Å². The van der Waals surface area contributed by atoms with Gasteiger partial charge in [-0.15, -0.1) is 0 Å². The number of hydrogen-bond donors (Lipinski definition) is 1. The maximum atomic E-state index is 12.9. The topological polar surface area (TPSA) is 49.4 Å². The molecule has 0 atom stereocenters. The van der Waals surface area contributed by atoms with Gasteiger partial charge in [0.2, 0.25) is 10.0 Å². The molecule has 1 saturated heterocycles. The van der Waals surface area contributed by atoms with Gasteiger partial charge < -0.3 is 4.90 Å². The Kier molecular flexibility index (Phi) is 5.93. The number of rotatable bonds is 5. The van der Waals surface area contributed by atoms with Crippen molar-refractivity contribution in [1.82, 2.24) is 9.62 Å². The molecule has 8 heteroatoms. The van der Waals surface area contributed by atoms with Crippen molar-refractivity contribution in [3.05, 3.63) is 29.3 Å². The lowest BCUT2D eigenvalue weighted by Gasteiger charge is -2.30. The van der Waals surface area contributed by atoms with E-state index in [4.69, 9.17) is 0 Å². The summed E-state index contributed by atoms with van der Waals surface area (Å²) < 4.78 is 65.6. The van der Waals surface area contributed by atoms with Crippen LogP contribution in [0.3, 0.4) is 0 Å². The lowest BCUT2D eigenvalue weighted by molar-refractivity contribution is -0.138. The lowest BCUT2D eigenvalue weighted by atomic mass is 9.99. The Labute approximate surface area is 141 Å². The number of nitrogens with one attached hydrogen (secondary N) is 1. The van der Waals surface area contributed by atoms with Gasteiger partial charge in [0.1, 0.15) is 0 Å². The van der Waals surface area contributed by atoms with Gasteiger partial charge in [0.15, 0.2) is 0 Å². The van der Waals surface area contributed by atoms with Gasteiger partial charge in [-0.1, -0.05) is 13.0 Å². The molecule has 1 N–H and O–H groups in total. The monoisotopic (exact) mass is 364 g/mol. The third-order valence-corrected chi connectivity index (χ3v) is 5.88. The number of benzene rings is 1. The summed E-state index contributed by atoms with van der Waals surface area (Å²) in [6, 6.07) is 3.08. The third kappa shape index (κ3) is 4.94. The number of alkyl halides is 3. The highest BCUT2D eigenvalue weighted by Gasteiger charge is 2.33. The molecule has 1 aromatic rings. The van der Waals surface area contributed by atoms with E-state index in [0.717, 1.165) is 25.9 Å². The SMILES string of the molecule is Cc1ccc(S(=O)(=O)NCCN2CCC(C)CC2)cc1C(F)(F)F. The maximum Gasteiger partial charge on any atom is 0.416 e. The zero-order valence-corrected chi connectivity index (χ0v) is 14.7. The lowest BCUT2D eigenvalue weighted by Crippen LogP contribution is -2.39. The summed E-state index contributed by atoms with van der Waals surface area (Å²) in [6.45, 7) is 6.09. The molecule has 2 rings (SSSR count). The van der Waals surface area contributed by atoms with Gasteiger partial charge in [-0.05, 0) is 56.5 Å². The molecule has 0 aromatic heterocycles. The molecule has 24 heavy (non-hydrogen) atoms. The van der Waals surface area contributed by atoms with Crippen LogP contribution in [0.5, 0.6) is 0 Å². The van der Waals surface area contributed by atoms with Crippen LogP contribution in [0.4, 0.5) is 13.2 Å². The second-order valence-corrected chi connectivity index (χ2v) is 8.16. The van der Waals surface area contributed by atoms with Crippen LogP contribution in [-0.4, -0.2) is 39.5 Å². The molecule has 0 bridgehead atoms. The van der Waals surface area contributed by atoms with Crippen molar-refractivity contribution in [1.29, 1.82) is 0 Å². The quantitative estimate of drug-likeness (QED) is 0.874. The Morgan fingerprint density at radius 1 is 1.25 bits per heavy atom. The van der Waals surface area contributed by atoms with E-state index in [0.29, 0.717) is 18.5 Å². The van der Waals surface area contributed by atoms with Crippen molar-refractivity contribution in [2.75, 3.05) is 26.2 Å². The van der Waals surface area contributed by atoms with Gasteiger partial charge in [-0.25, -0.2) is 13.1 Å². The van der Waals surface area contributed by atoms with Crippen LogP contribution in [0.25, 0.3) is 0 Å². The molecule has 0 aliphatic carbocycles. The standard InChI is InChI=1S/C16H23F3N2O2S/c1-12-5-8-21(9-6-12)10-7-20-24(22,23)14-4-3-13(2)15(11-14)16(17,18)19/h3-4,11-12,20H,5-10H2,1-2H3. The summed E-state index contributed by atoms with van der Waals surface area (Å²) in [4.78, 5) is 1.81. The Balaban J connectivity index is 2.00. The van der Waals surface area contributed by atoms with E-state index in [2.05, 4.69) is 16.5 Å². The van der Waals surface area contributed by atoms with Crippen LogP contribution in [0.2, 0.25) is 0 Å². The Bertz CT molecular complexity index is 666. The van der Waals surface area contributed by atoms with E-state index in [1.54, 1.807) is 0 Å². The molecule has 0 saturated carbocycles. The van der Waals surface area contributed by atoms with E-state index in [1.165, 1.54) is 19.1 Å². The third-order valence-electron chi connectivity index (χ3n) is 4.42. The number of halogens is 3.